The van der Waals surface area contributed by atoms with Gasteiger partial charge < -0.3 is 14.2 Å². The number of carbonyl (C=O) groups is 1. The van der Waals surface area contributed by atoms with Crippen LogP contribution in [0.3, 0.4) is 0 Å². The summed E-state index contributed by atoms with van der Waals surface area (Å²) in [4.78, 5) is 12.5. The van der Waals surface area contributed by atoms with E-state index < -0.39 is 6.16 Å². The lowest BCUT2D eigenvalue weighted by molar-refractivity contribution is 0.150. The van der Waals surface area contributed by atoms with Crippen LogP contribution in [-0.4, -0.2) is 13.3 Å². The molecule has 3 aromatic carbocycles. The van der Waals surface area contributed by atoms with Crippen LogP contribution >= 0.6 is 0 Å². The predicted molar refractivity (Wildman–Crippen MR) is 135 cm³/mol. The first-order valence-electron chi connectivity index (χ1n) is 12.4. The molecule has 4 rings (SSSR count). The van der Waals surface area contributed by atoms with Gasteiger partial charge in [-0.25, -0.2) is 4.79 Å². The van der Waals surface area contributed by atoms with Crippen molar-refractivity contribution in [2.24, 2.45) is 0 Å². The van der Waals surface area contributed by atoms with Crippen LogP contribution in [0, 0.1) is 0 Å². The molecule has 0 saturated heterocycles. The third-order valence-corrected chi connectivity index (χ3v) is 6.88. The largest absolute Gasteiger partial charge is 0.519 e. The fourth-order valence-electron chi connectivity index (χ4n) is 5.04. The van der Waals surface area contributed by atoms with Crippen LogP contribution in [0.1, 0.15) is 68.6 Å². The smallest absolute Gasteiger partial charge is 0.493 e. The van der Waals surface area contributed by atoms with Gasteiger partial charge in [0.2, 0.25) is 0 Å². The summed E-state index contributed by atoms with van der Waals surface area (Å²) in [5, 5.41) is 0. The molecule has 0 radical (unpaired) electrons. The van der Waals surface area contributed by atoms with Crippen molar-refractivity contribution < 1.29 is 19.0 Å². The maximum atomic E-state index is 12.5. The molecule has 1 aliphatic carbocycles. The Morgan fingerprint density at radius 1 is 0.824 bits per heavy atom. The van der Waals surface area contributed by atoms with Gasteiger partial charge in [0.05, 0.1) is 7.11 Å². The number of hydrogen-bond donors (Lipinski definition) is 0. The molecule has 0 atom stereocenters. The van der Waals surface area contributed by atoms with Crippen molar-refractivity contribution in [3.63, 3.8) is 0 Å². The first-order chi connectivity index (χ1) is 16.6. The molecule has 4 nitrogen and oxygen atoms in total. The number of rotatable bonds is 8. The van der Waals surface area contributed by atoms with Crippen molar-refractivity contribution in [1.82, 2.24) is 0 Å². The van der Waals surface area contributed by atoms with Gasteiger partial charge in [-0.2, -0.15) is 0 Å². The van der Waals surface area contributed by atoms with Crippen LogP contribution < -0.4 is 14.2 Å². The van der Waals surface area contributed by atoms with Crippen molar-refractivity contribution in [2.75, 3.05) is 7.11 Å². The Kier molecular flexibility index (Phi) is 7.89. The Labute approximate surface area is 202 Å². The minimum Gasteiger partial charge on any atom is -0.493 e. The second-order valence-electron chi connectivity index (χ2n) is 9.08. The summed E-state index contributed by atoms with van der Waals surface area (Å²) in [7, 11) is 1.57. The molecule has 1 fully saturated rings. The minimum atomic E-state index is -0.775. The molecule has 0 N–H and O–H groups in total. The Morgan fingerprint density at radius 3 is 2.21 bits per heavy atom. The highest BCUT2D eigenvalue weighted by Crippen LogP contribution is 2.45. The molecule has 0 amide bonds. The van der Waals surface area contributed by atoms with Crippen LogP contribution in [0.5, 0.6) is 17.2 Å². The number of ether oxygens (including phenoxy) is 3. The summed E-state index contributed by atoms with van der Waals surface area (Å²) >= 11 is 0. The van der Waals surface area contributed by atoms with Gasteiger partial charge in [-0.3, -0.25) is 0 Å². The standard InChI is InChI=1S/C30H34O4/c1-3-4-11-23-14-19-27(28(22-23)32-2)34-29(31)33-26-17-15-25(16-18-26)30(20-9-6-10-21-30)24-12-7-5-8-13-24/h5,7-8,12-19,22H,3-4,6,9-11,20-21H2,1-2H3. The van der Waals surface area contributed by atoms with E-state index in [9.17, 15) is 4.79 Å². The SMILES string of the molecule is CCCCc1ccc(OC(=O)Oc2ccc(C3(c4ccccc4)CCCCC3)cc2)c(OC)c1. The second kappa shape index (κ2) is 11.2. The van der Waals surface area contributed by atoms with E-state index in [1.54, 1.807) is 13.2 Å². The van der Waals surface area contributed by atoms with E-state index in [1.165, 1.54) is 30.4 Å². The van der Waals surface area contributed by atoms with Gasteiger partial charge in [0, 0.05) is 5.41 Å². The van der Waals surface area contributed by atoms with Gasteiger partial charge in [0.25, 0.3) is 0 Å². The second-order valence-corrected chi connectivity index (χ2v) is 9.08. The molecule has 0 bridgehead atoms. The quantitative estimate of drug-likeness (QED) is 0.254. The lowest BCUT2D eigenvalue weighted by Crippen LogP contribution is -2.30. The molecule has 1 aliphatic rings. The van der Waals surface area contributed by atoms with Crippen LogP contribution in [0.4, 0.5) is 4.79 Å². The normalized spacial score (nSPS) is 14.9. The van der Waals surface area contributed by atoms with Gasteiger partial charge in [-0.05, 0) is 66.6 Å². The monoisotopic (exact) mass is 458 g/mol. The number of benzene rings is 3. The molecule has 178 valence electrons. The fraction of sp³-hybridized carbons (Fsp3) is 0.367. The fourth-order valence-corrected chi connectivity index (χ4v) is 5.04. The lowest BCUT2D eigenvalue weighted by atomic mass is 9.65. The van der Waals surface area contributed by atoms with Gasteiger partial charge in [-0.15, -0.1) is 0 Å². The van der Waals surface area contributed by atoms with E-state index in [0.717, 1.165) is 37.7 Å². The van der Waals surface area contributed by atoms with Crippen LogP contribution in [0.25, 0.3) is 0 Å². The zero-order valence-electron chi connectivity index (χ0n) is 20.2. The Balaban J connectivity index is 1.46. The van der Waals surface area contributed by atoms with Crippen molar-refractivity contribution in [2.45, 2.75) is 63.7 Å². The molecule has 1 saturated carbocycles. The first kappa shape index (κ1) is 23.9. The number of carbonyl (C=O) groups excluding carboxylic acids is 1. The number of hydrogen-bond acceptors (Lipinski definition) is 4. The molecule has 3 aromatic rings. The minimum absolute atomic E-state index is 0.0193. The summed E-state index contributed by atoms with van der Waals surface area (Å²) in [6.45, 7) is 2.16. The summed E-state index contributed by atoms with van der Waals surface area (Å²) in [6.07, 6.45) is 8.41. The average molecular weight is 459 g/mol. The van der Waals surface area contributed by atoms with E-state index in [2.05, 4.69) is 49.4 Å². The Hall–Kier alpha value is -3.27. The summed E-state index contributed by atoms with van der Waals surface area (Å²) in [6, 6.07) is 24.3. The highest BCUT2D eigenvalue weighted by molar-refractivity contribution is 5.68. The molecule has 4 heteroatoms. The van der Waals surface area contributed by atoms with E-state index in [-0.39, 0.29) is 5.41 Å². The van der Waals surface area contributed by atoms with Crippen molar-refractivity contribution in [1.29, 1.82) is 0 Å². The zero-order chi connectivity index (χ0) is 23.8. The summed E-state index contributed by atoms with van der Waals surface area (Å²) < 4.78 is 16.3. The van der Waals surface area contributed by atoms with E-state index in [0.29, 0.717) is 17.2 Å². The first-order valence-corrected chi connectivity index (χ1v) is 12.4. The predicted octanol–water partition coefficient (Wildman–Crippen LogP) is 7.87. The topological polar surface area (TPSA) is 44.8 Å². The maximum Gasteiger partial charge on any atom is 0.519 e. The molecule has 0 aliphatic heterocycles. The van der Waals surface area contributed by atoms with E-state index in [1.807, 2.05) is 24.3 Å². The van der Waals surface area contributed by atoms with Gasteiger partial charge >= 0.3 is 6.16 Å². The molecule has 0 spiro atoms. The molecule has 0 aromatic heterocycles. The Morgan fingerprint density at radius 2 is 1.53 bits per heavy atom. The number of aryl methyl sites for hydroxylation is 1. The molecule has 0 heterocycles. The van der Waals surface area contributed by atoms with E-state index in [4.69, 9.17) is 14.2 Å². The highest BCUT2D eigenvalue weighted by atomic mass is 16.7. The van der Waals surface area contributed by atoms with Gasteiger partial charge in [0.15, 0.2) is 11.5 Å². The molecule has 0 unspecified atom stereocenters. The molecule has 34 heavy (non-hydrogen) atoms. The van der Waals surface area contributed by atoms with Crippen molar-refractivity contribution in [3.05, 3.63) is 89.5 Å². The van der Waals surface area contributed by atoms with Crippen LogP contribution in [-0.2, 0) is 11.8 Å². The van der Waals surface area contributed by atoms with Crippen molar-refractivity contribution >= 4 is 6.16 Å². The van der Waals surface area contributed by atoms with E-state index >= 15 is 0 Å². The Bertz CT molecular complexity index is 1070. The van der Waals surface area contributed by atoms with Crippen LogP contribution in [0.2, 0.25) is 0 Å². The number of unbranched alkanes of at least 4 members (excludes halogenated alkanes) is 1. The lowest BCUT2D eigenvalue weighted by Gasteiger charge is -2.38. The van der Waals surface area contributed by atoms with Crippen LogP contribution in [0.15, 0.2) is 72.8 Å². The number of methoxy groups -OCH3 is 1. The highest BCUT2D eigenvalue weighted by Gasteiger charge is 2.35. The summed E-state index contributed by atoms with van der Waals surface area (Å²) in [5.41, 5.74) is 3.80. The average Bonchev–Trinajstić information content (AvgIpc) is 2.89. The third kappa shape index (κ3) is 5.44. The zero-order valence-corrected chi connectivity index (χ0v) is 20.2. The third-order valence-electron chi connectivity index (χ3n) is 6.88. The van der Waals surface area contributed by atoms with Crippen molar-refractivity contribution in [3.8, 4) is 17.2 Å². The molecular formula is C30H34O4. The van der Waals surface area contributed by atoms with Gasteiger partial charge in [-0.1, -0.05) is 81.1 Å². The maximum absolute atomic E-state index is 12.5. The molecular weight excluding hydrogens is 424 g/mol. The van der Waals surface area contributed by atoms with Gasteiger partial charge in [0.1, 0.15) is 5.75 Å². The summed E-state index contributed by atoms with van der Waals surface area (Å²) in [5.74, 6) is 1.35.